The number of hydroxylamine groups is 1. The minimum absolute atomic E-state index is 0.204. The van der Waals surface area contributed by atoms with E-state index >= 15 is 0 Å². The molecule has 4 heteroatoms. The molecule has 0 aliphatic rings. The Hall–Kier alpha value is -0.900. The van der Waals surface area contributed by atoms with Crippen molar-refractivity contribution in [2.24, 2.45) is 5.10 Å². The Labute approximate surface area is 73.1 Å². The van der Waals surface area contributed by atoms with Crippen LogP contribution in [0.4, 0.5) is 0 Å². The third-order valence-corrected chi connectivity index (χ3v) is 1.13. The van der Waals surface area contributed by atoms with Gasteiger partial charge in [-0.3, -0.25) is 4.79 Å². The van der Waals surface area contributed by atoms with Gasteiger partial charge in [-0.15, -0.1) is 5.17 Å². The molecular weight excluding hydrogens is 156 g/mol. The summed E-state index contributed by atoms with van der Waals surface area (Å²) in [6.07, 6.45) is 3.55. The lowest BCUT2D eigenvalue weighted by molar-refractivity contribution is -0.182. The van der Waals surface area contributed by atoms with Crippen molar-refractivity contribution in [2.75, 3.05) is 6.61 Å². The summed E-state index contributed by atoms with van der Waals surface area (Å²) in [5.41, 5.74) is 0. The second-order valence-electron chi connectivity index (χ2n) is 2.30. The average molecular weight is 172 g/mol. The van der Waals surface area contributed by atoms with Gasteiger partial charge in [0.25, 0.3) is 5.91 Å². The van der Waals surface area contributed by atoms with Crippen LogP contribution in [0.3, 0.4) is 0 Å². The first-order valence-corrected chi connectivity index (χ1v) is 4.18. The minimum atomic E-state index is -0.204. The Kier molecular flexibility index (Phi) is 6.28. The van der Waals surface area contributed by atoms with Crippen molar-refractivity contribution >= 4 is 12.1 Å². The first kappa shape index (κ1) is 11.1. The molecule has 70 valence electrons. The molecule has 0 atom stereocenters. The van der Waals surface area contributed by atoms with Gasteiger partial charge in [0.2, 0.25) is 0 Å². The molecule has 0 aliphatic carbocycles. The van der Waals surface area contributed by atoms with Crippen molar-refractivity contribution in [3.8, 4) is 0 Å². The maximum absolute atomic E-state index is 10.8. The van der Waals surface area contributed by atoms with E-state index in [0.717, 1.165) is 18.0 Å². The lowest BCUT2D eigenvalue weighted by Crippen LogP contribution is -2.23. The molecule has 0 saturated heterocycles. The summed E-state index contributed by atoms with van der Waals surface area (Å²) in [6.45, 7) is 5.72. The predicted octanol–water partition coefficient (Wildman–Crippen LogP) is 1.57. The fourth-order valence-electron chi connectivity index (χ4n) is 0.589. The summed E-state index contributed by atoms with van der Waals surface area (Å²) in [7, 11) is 0. The van der Waals surface area contributed by atoms with Gasteiger partial charge in [-0.1, -0.05) is 13.3 Å². The number of rotatable bonds is 5. The number of amides is 1. The van der Waals surface area contributed by atoms with Crippen LogP contribution < -0.4 is 0 Å². The normalized spacial score (nSPS) is 10.6. The summed E-state index contributed by atoms with van der Waals surface area (Å²) in [4.78, 5) is 15.8. The Morgan fingerprint density at radius 3 is 2.67 bits per heavy atom. The zero-order chi connectivity index (χ0) is 9.40. The van der Waals surface area contributed by atoms with Crippen molar-refractivity contribution in [3.63, 3.8) is 0 Å². The van der Waals surface area contributed by atoms with Gasteiger partial charge >= 0.3 is 0 Å². The molecule has 0 bridgehead atoms. The summed E-state index contributed by atoms with van der Waals surface area (Å²) < 4.78 is 0. The Balaban J connectivity index is 3.85. The van der Waals surface area contributed by atoms with Crippen LogP contribution in [0.25, 0.3) is 0 Å². The molecule has 0 fully saturated rings. The second kappa shape index (κ2) is 6.79. The smallest absolute Gasteiger partial charge is 0.265 e. The first-order valence-electron chi connectivity index (χ1n) is 4.18. The molecular formula is C8H16N2O2. The largest absolute Gasteiger partial charge is 0.271 e. The van der Waals surface area contributed by atoms with Crippen LogP contribution in [0.2, 0.25) is 0 Å². The molecule has 0 spiro atoms. The van der Waals surface area contributed by atoms with Crippen LogP contribution in [-0.4, -0.2) is 23.9 Å². The summed E-state index contributed by atoms with van der Waals surface area (Å²) in [5.74, 6) is -0.204. The second-order valence-corrected chi connectivity index (χ2v) is 2.30. The van der Waals surface area contributed by atoms with Gasteiger partial charge < -0.3 is 0 Å². The number of hydrogen-bond donors (Lipinski definition) is 0. The molecule has 0 unspecified atom stereocenters. The molecule has 0 N–H and O–H groups in total. The molecule has 0 aromatic rings. The van der Waals surface area contributed by atoms with Gasteiger partial charge in [0.1, 0.15) is 0 Å². The Bertz CT molecular complexity index is 157. The van der Waals surface area contributed by atoms with E-state index in [1.807, 2.05) is 13.8 Å². The highest BCUT2D eigenvalue weighted by atomic mass is 16.7. The Morgan fingerprint density at radius 1 is 1.58 bits per heavy atom. The van der Waals surface area contributed by atoms with E-state index < -0.39 is 0 Å². The summed E-state index contributed by atoms with van der Waals surface area (Å²) in [5, 5.41) is 4.85. The average Bonchev–Trinajstić information content (AvgIpc) is 2.03. The van der Waals surface area contributed by atoms with Crippen molar-refractivity contribution in [3.05, 3.63) is 0 Å². The zero-order valence-electron chi connectivity index (χ0n) is 7.91. The number of carbonyl (C=O) groups is 1. The van der Waals surface area contributed by atoms with Crippen molar-refractivity contribution < 1.29 is 9.63 Å². The highest BCUT2D eigenvalue weighted by molar-refractivity contribution is 5.73. The highest BCUT2D eigenvalue weighted by Gasteiger charge is 2.04. The molecule has 1 amide bonds. The van der Waals surface area contributed by atoms with E-state index in [1.54, 1.807) is 6.21 Å². The van der Waals surface area contributed by atoms with Crippen LogP contribution in [0.5, 0.6) is 0 Å². The lowest BCUT2D eigenvalue weighted by Gasteiger charge is -2.11. The molecule has 0 aliphatic heterocycles. The van der Waals surface area contributed by atoms with Gasteiger partial charge in [0.15, 0.2) is 0 Å². The summed E-state index contributed by atoms with van der Waals surface area (Å²) in [6, 6.07) is 0. The maximum atomic E-state index is 10.8. The molecule has 0 rings (SSSR count). The van der Waals surface area contributed by atoms with E-state index in [-0.39, 0.29) is 5.91 Å². The summed E-state index contributed by atoms with van der Waals surface area (Å²) >= 11 is 0. The predicted molar refractivity (Wildman–Crippen MR) is 47.5 cm³/mol. The number of carbonyl (C=O) groups excluding carboxylic acids is 1. The van der Waals surface area contributed by atoms with Gasteiger partial charge in [0, 0.05) is 13.1 Å². The standard InChI is InChI=1S/C8H16N2O2/c1-4-6-7-9-10(8(3)11)12-5-2/h7H,4-6H2,1-3H3. The van der Waals surface area contributed by atoms with Crippen molar-refractivity contribution in [1.82, 2.24) is 5.17 Å². The molecule has 4 nitrogen and oxygen atoms in total. The molecule has 12 heavy (non-hydrogen) atoms. The van der Waals surface area contributed by atoms with Crippen LogP contribution in [0.15, 0.2) is 5.10 Å². The molecule has 0 heterocycles. The van der Waals surface area contributed by atoms with E-state index in [1.165, 1.54) is 6.92 Å². The third-order valence-electron chi connectivity index (χ3n) is 1.13. The van der Waals surface area contributed by atoms with E-state index in [0.29, 0.717) is 6.61 Å². The third kappa shape index (κ3) is 4.85. The molecule has 0 aromatic heterocycles. The van der Waals surface area contributed by atoms with Crippen LogP contribution in [-0.2, 0) is 9.63 Å². The van der Waals surface area contributed by atoms with Crippen molar-refractivity contribution in [2.45, 2.75) is 33.6 Å². The van der Waals surface area contributed by atoms with Gasteiger partial charge in [0.05, 0.1) is 6.61 Å². The van der Waals surface area contributed by atoms with Gasteiger partial charge in [-0.2, -0.15) is 5.10 Å². The fourth-order valence-corrected chi connectivity index (χ4v) is 0.589. The zero-order valence-corrected chi connectivity index (χ0v) is 7.91. The van der Waals surface area contributed by atoms with Crippen LogP contribution >= 0.6 is 0 Å². The number of nitrogens with zero attached hydrogens (tertiary/aromatic N) is 2. The lowest BCUT2D eigenvalue weighted by atomic mass is 10.4. The molecule has 0 saturated carbocycles. The van der Waals surface area contributed by atoms with Crippen molar-refractivity contribution in [1.29, 1.82) is 0 Å². The maximum Gasteiger partial charge on any atom is 0.265 e. The number of hydrogen-bond acceptors (Lipinski definition) is 3. The van der Waals surface area contributed by atoms with E-state index in [9.17, 15) is 4.79 Å². The molecule has 0 radical (unpaired) electrons. The fraction of sp³-hybridized carbons (Fsp3) is 0.750. The number of hydrazone groups is 1. The van der Waals surface area contributed by atoms with Gasteiger partial charge in [-0.25, -0.2) is 4.84 Å². The first-order chi connectivity index (χ1) is 5.72. The molecule has 0 aromatic carbocycles. The topological polar surface area (TPSA) is 41.9 Å². The highest BCUT2D eigenvalue weighted by Crippen LogP contribution is 1.92. The SMILES string of the molecule is CCCC=NN(OCC)C(C)=O. The van der Waals surface area contributed by atoms with Gasteiger partial charge in [-0.05, 0) is 13.3 Å². The minimum Gasteiger partial charge on any atom is -0.271 e. The number of unbranched alkanes of at least 4 members (excludes halogenated alkanes) is 1. The Morgan fingerprint density at radius 2 is 2.25 bits per heavy atom. The van der Waals surface area contributed by atoms with E-state index in [4.69, 9.17) is 4.84 Å². The van der Waals surface area contributed by atoms with Crippen LogP contribution in [0, 0.1) is 0 Å². The van der Waals surface area contributed by atoms with E-state index in [2.05, 4.69) is 5.10 Å². The quantitative estimate of drug-likeness (QED) is 0.466. The monoisotopic (exact) mass is 172 g/mol. The van der Waals surface area contributed by atoms with Crippen LogP contribution in [0.1, 0.15) is 33.6 Å².